The van der Waals surface area contributed by atoms with Crippen molar-refractivity contribution in [3.63, 3.8) is 0 Å². The minimum atomic E-state index is -0.489. The lowest BCUT2D eigenvalue weighted by atomic mass is 9.61. The van der Waals surface area contributed by atoms with E-state index in [0.29, 0.717) is 6.42 Å². The Morgan fingerprint density at radius 1 is 1.35 bits per heavy atom. The predicted molar refractivity (Wildman–Crippen MR) is 62.2 cm³/mol. The van der Waals surface area contributed by atoms with Gasteiger partial charge in [0.05, 0.1) is 5.41 Å². The summed E-state index contributed by atoms with van der Waals surface area (Å²) in [6.07, 6.45) is 4.02. The summed E-state index contributed by atoms with van der Waals surface area (Å²) in [6.45, 7) is 6.01. The van der Waals surface area contributed by atoms with Crippen molar-refractivity contribution < 1.29 is 14.3 Å². The SMILES string of the molecule is C[C@@H]1CC(=O)C=C2CC[C@@H]3C(C)(C)OC(=O)[C@@]213. The Morgan fingerprint density at radius 3 is 2.76 bits per heavy atom. The molecule has 1 saturated heterocycles. The van der Waals surface area contributed by atoms with Crippen molar-refractivity contribution in [3.8, 4) is 0 Å². The fraction of sp³-hybridized carbons (Fsp3) is 0.714. The molecule has 2 fully saturated rings. The minimum absolute atomic E-state index is 0.0803. The van der Waals surface area contributed by atoms with Gasteiger partial charge in [-0.3, -0.25) is 9.59 Å². The average molecular weight is 234 g/mol. The molecule has 1 aliphatic heterocycles. The number of esters is 1. The van der Waals surface area contributed by atoms with E-state index in [0.717, 1.165) is 18.4 Å². The van der Waals surface area contributed by atoms with Crippen LogP contribution in [-0.4, -0.2) is 17.4 Å². The number of hydrogen-bond donors (Lipinski definition) is 0. The van der Waals surface area contributed by atoms with E-state index in [-0.39, 0.29) is 29.2 Å². The quantitative estimate of drug-likeness (QED) is 0.604. The molecule has 3 heteroatoms. The molecule has 0 aromatic heterocycles. The molecule has 0 radical (unpaired) electrons. The number of hydrogen-bond acceptors (Lipinski definition) is 3. The molecular formula is C14H18O3. The van der Waals surface area contributed by atoms with Crippen molar-refractivity contribution in [2.24, 2.45) is 17.3 Å². The van der Waals surface area contributed by atoms with E-state index in [1.165, 1.54) is 0 Å². The molecule has 0 bridgehead atoms. The zero-order valence-electron chi connectivity index (χ0n) is 10.6. The lowest BCUT2D eigenvalue weighted by molar-refractivity contribution is -0.153. The summed E-state index contributed by atoms with van der Waals surface area (Å²) in [6, 6.07) is 0. The van der Waals surface area contributed by atoms with E-state index in [1.54, 1.807) is 6.08 Å². The summed E-state index contributed by atoms with van der Waals surface area (Å²) in [7, 11) is 0. The maximum absolute atomic E-state index is 12.4. The van der Waals surface area contributed by atoms with Crippen LogP contribution < -0.4 is 0 Å². The first-order valence-corrected chi connectivity index (χ1v) is 6.36. The Labute approximate surface area is 101 Å². The van der Waals surface area contributed by atoms with Gasteiger partial charge in [0.25, 0.3) is 0 Å². The lowest BCUT2D eigenvalue weighted by Crippen LogP contribution is -2.42. The Bertz CT molecular complexity index is 446. The number of ether oxygens (including phenoxy) is 1. The highest BCUT2D eigenvalue weighted by Gasteiger charge is 2.68. The van der Waals surface area contributed by atoms with Gasteiger partial charge >= 0.3 is 5.97 Å². The Morgan fingerprint density at radius 2 is 2.06 bits per heavy atom. The second-order valence-electron chi connectivity index (χ2n) is 6.19. The lowest BCUT2D eigenvalue weighted by Gasteiger charge is -2.37. The number of allylic oxidation sites excluding steroid dienone is 1. The molecule has 92 valence electrons. The van der Waals surface area contributed by atoms with Crippen LogP contribution in [0.25, 0.3) is 0 Å². The van der Waals surface area contributed by atoms with Crippen LogP contribution in [0.4, 0.5) is 0 Å². The first-order valence-electron chi connectivity index (χ1n) is 6.36. The summed E-state index contributed by atoms with van der Waals surface area (Å²) < 4.78 is 5.59. The first kappa shape index (κ1) is 11.0. The fourth-order valence-electron chi connectivity index (χ4n) is 4.29. The third kappa shape index (κ3) is 1.12. The standard InChI is InChI=1S/C14H18O3/c1-8-6-10(15)7-9-4-5-11-13(2,3)17-12(16)14(8,9)11/h7-8,11H,4-6H2,1-3H3/t8-,11-,14-/m1/s1. The summed E-state index contributed by atoms with van der Waals surface area (Å²) in [5.41, 5.74) is 0.153. The van der Waals surface area contributed by atoms with Crippen LogP contribution in [-0.2, 0) is 14.3 Å². The highest BCUT2D eigenvalue weighted by molar-refractivity contribution is 5.97. The van der Waals surface area contributed by atoms with Crippen molar-refractivity contribution in [1.29, 1.82) is 0 Å². The van der Waals surface area contributed by atoms with Crippen molar-refractivity contribution in [1.82, 2.24) is 0 Å². The molecule has 0 N–H and O–H groups in total. The van der Waals surface area contributed by atoms with Crippen molar-refractivity contribution in [2.75, 3.05) is 0 Å². The molecule has 0 aromatic rings. The average Bonchev–Trinajstić information content (AvgIpc) is 2.65. The van der Waals surface area contributed by atoms with Crippen LogP contribution >= 0.6 is 0 Å². The van der Waals surface area contributed by atoms with Crippen molar-refractivity contribution >= 4 is 11.8 Å². The highest BCUT2D eigenvalue weighted by atomic mass is 16.6. The van der Waals surface area contributed by atoms with Gasteiger partial charge in [-0.2, -0.15) is 0 Å². The molecule has 3 nitrogen and oxygen atoms in total. The maximum atomic E-state index is 12.4. The molecule has 0 amide bonds. The Kier molecular flexibility index (Phi) is 1.94. The third-order valence-corrected chi connectivity index (χ3v) is 4.94. The monoisotopic (exact) mass is 234 g/mol. The fourth-order valence-corrected chi connectivity index (χ4v) is 4.29. The van der Waals surface area contributed by atoms with Gasteiger partial charge in [-0.25, -0.2) is 0 Å². The van der Waals surface area contributed by atoms with Gasteiger partial charge < -0.3 is 4.74 Å². The van der Waals surface area contributed by atoms with Crippen LogP contribution in [0.5, 0.6) is 0 Å². The van der Waals surface area contributed by atoms with Crippen molar-refractivity contribution in [3.05, 3.63) is 11.6 Å². The van der Waals surface area contributed by atoms with Gasteiger partial charge in [0.15, 0.2) is 5.78 Å². The molecule has 2 aliphatic carbocycles. The molecule has 0 unspecified atom stereocenters. The second kappa shape index (κ2) is 3.01. The zero-order valence-corrected chi connectivity index (χ0v) is 10.6. The number of ketones is 1. The number of cyclic esters (lactones) is 1. The molecule has 3 aliphatic rings. The summed E-state index contributed by atoms with van der Waals surface area (Å²) in [5, 5.41) is 0. The van der Waals surface area contributed by atoms with Gasteiger partial charge in [-0.1, -0.05) is 6.92 Å². The van der Waals surface area contributed by atoms with Crippen LogP contribution in [0, 0.1) is 17.3 Å². The molecule has 3 atom stereocenters. The van der Waals surface area contributed by atoms with Crippen LogP contribution in [0.2, 0.25) is 0 Å². The van der Waals surface area contributed by atoms with Gasteiger partial charge in [-0.05, 0) is 44.3 Å². The summed E-state index contributed by atoms with van der Waals surface area (Å²) >= 11 is 0. The van der Waals surface area contributed by atoms with E-state index in [2.05, 4.69) is 0 Å². The van der Waals surface area contributed by atoms with Crippen molar-refractivity contribution in [2.45, 2.75) is 45.6 Å². The number of carbonyl (C=O) groups is 2. The predicted octanol–water partition coefficient (Wildman–Crippen LogP) is 2.25. The zero-order chi connectivity index (χ0) is 12.4. The molecule has 1 spiro atoms. The largest absolute Gasteiger partial charge is 0.459 e. The summed E-state index contributed by atoms with van der Waals surface area (Å²) in [4.78, 5) is 24.0. The topological polar surface area (TPSA) is 43.4 Å². The molecule has 1 heterocycles. The number of rotatable bonds is 0. The molecule has 1 saturated carbocycles. The Balaban J connectivity index is 2.20. The second-order valence-corrected chi connectivity index (χ2v) is 6.19. The van der Waals surface area contributed by atoms with E-state index in [1.807, 2.05) is 20.8 Å². The highest BCUT2D eigenvalue weighted by Crippen LogP contribution is 2.63. The number of carbonyl (C=O) groups excluding carboxylic acids is 2. The molecule has 17 heavy (non-hydrogen) atoms. The molecule has 0 aromatic carbocycles. The van der Waals surface area contributed by atoms with E-state index < -0.39 is 5.41 Å². The third-order valence-electron chi connectivity index (χ3n) is 4.94. The van der Waals surface area contributed by atoms with Gasteiger partial charge in [-0.15, -0.1) is 0 Å². The smallest absolute Gasteiger partial charge is 0.317 e. The molecular weight excluding hydrogens is 216 g/mol. The van der Waals surface area contributed by atoms with Gasteiger partial charge in [0.2, 0.25) is 0 Å². The van der Waals surface area contributed by atoms with Crippen LogP contribution in [0.3, 0.4) is 0 Å². The van der Waals surface area contributed by atoms with E-state index >= 15 is 0 Å². The maximum Gasteiger partial charge on any atom is 0.317 e. The van der Waals surface area contributed by atoms with Crippen LogP contribution in [0.15, 0.2) is 11.6 Å². The normalized spacial score (nSPS) is 42.9. The molecule has 3 rings (SSSR count). The minimum Gasteiger partial charge on any atom is -0.459 e. The first-order chi connectivity index (χ1) is 7.89. The van der Waals surface area contributed by atoms with Gasteiger partial charge in [0, 0.05) is 12.3 Å². The van der Waals surface area contributed by atoms with Gasteiger partial charge in [0.1, 0.15) is 5.60 Å². The summed E-state index contributed by atoms with van der Waals surface area (Å²) in [5.74, 6) is 0.376. The Hall–Kier alpha value is -1.12. The van der Waals surface area contributed by atoms with E-state index in [9.17, 15) is 9.59 Å². The van der Waals surface area contributed by atoms with E-state index in [4.69, 9.17) is 4.74 Å². The van der Waals surface area contributed by atoms with Crippen LogP contribution in [0.1, 0.15) is 40.0 Å².